The first kappa shape index (κ1) is 20.9. The van der Waals surface area contributed by atoms with Crippen molar-refractivity contribution in [3.05, 3.63) is 35.6 Å². The monoisotopic (exact) mass is 330 g/mol. The molecule has 1 rings (SSSR count). The second-order valence-corrected chi connectivity index (χ2v) is 6.55. The number of hydrogen-bond donors (Lipinski definition) is 1. The van der Waals surface area contributed by atoms with Gasteiger partial charge >= 0.3 is 0 Å². The van der Waals surface area contributed by atoms with Crippen LogP contribution in [0.25, 0.3) is 0 Å². The minimum atomic E-state index is -0.517. The molecule has 0 aliphatic carbocycles. The molecule has 0 heterocycles. The Bertz CT molecular complexity index is 474. The highest BCUT2D eigenvalue weighted by Crippen LogP contribution is 2.19. The number of benzene rings is 1. The molecule has 1 atom stereocenters. The number of rotatable bonds is 6. The van der Waals surface area contributed by atoms with Gasteiger partial charge in [-0.05, 0) is 36.0 Å². The lowest BCUT2D eigenvalue weighted by atomic mass is 9.86. The Morgan fingerprint density at radius 3 is 2.45 bits per heavy atom. The molecule has 0 spiro atoms. The van der Waals surface area contributed by atoms with Crippen molar-refractivity contribution in [2.75, 3.05) is 13.1 Å². The Kier molecular flexibility index (Phi) is 8.64. The summed E-state index contributed by atoms with van der Waals surface area (Å²) in [5.74, 6) is -0.270. The number of carbonyl (C=O) groups is 1. The van der Waals surface area contributed by atoms with Crippen LogP contribution in [0.1, 0.15) is 39.7 Å². The van der Waals surface area contributed by atoms with E-state index in [9.17, 15) is 9.18 Å². The normalized spacial score (nSPS) is 12.5. The summed E-state index contributed by atoms with van der Waals surface area (Å²) in [5.41, 5.74) is 6.70. The Labute approximate surface area is 139 Å². The van der Waals surface area contributed by atoms with E-state index >= 15 is 0 Å². The Morgan fingerprint density at radius 2 is 1.95 bits per heavy atom. The second kappa shape index (κ2) is 9.11. The number of carbonyl (C=O) groups excluding carboxylic acids is 1. The molecule has 0 bridgehead atoms. The molecule has 0 aliphatic heterocycles. The van der Waals surface area contributed by atoms with Gasteiger partial charge in [0.1, 0.15) is 5.82 Å². The third kappa shape index (κ3) is 6.32. The van der Waals surface area contributed by atoms with Crippen LogP contribution in [0, 0.1) is 11.2 Å². The zero-order valence-corrected chi connectivity index (χ0v) is 14.8. The Morgan fingerprint density at radius 1 is 1.32 bits per heavy atom. The topological polar surface area (TPSA) is 46.3 Å². The van der Waals surface area contributed by atoms with Crippen molar-refractivity contribution in [2.45, 2.75) is 46.6 Å². The number of nitrogens with two attached hydrogens (primary N) is 1. The van der Waals surface area contributed by atoms with E-state index in [4.69, 9.17) is 5.73 Å². The van der Waals surface area contributed by atoms with Crippen molar-refractivity contribution in [3.63, 3.8) is 0 Å². The molecule has 5 heteroatoms. The van der Waals surface area contributed by atoms with E-state index in [1.54, 1.807) is 11.0 Å². The fourth-order valence-electron chi connectivity index (χ4n) is 2.13. The highest BCUT2D eigenvalue weighted by Gasteiger charge is 2.30. The van der Waals surface area contributed by atoms with Crippen LogP contribution >= 0.6 is 12.4 Å². The standard InChI is InChI=1S/C17H27FN2O.ClH/c1-5-10-20(16(21)15(19)17(2,3)4)11-9-13-7-6-8-14(18)12-13;/h6-8,12,15H,5,9-11,19H2,1-4H3;1H/t15-;/m1./s1. The van der Waals surface area contributed by atoms with Crippen LogP contribution in [-0.4, -0.2) is 29.9 Å². The molecule has 0 fully saturated rings. The van der Waals surface area contributed by atoms with Gasteiger partial charge in [0, 0.05) is 13.1 Å². The predicted molar refractivity (Wildman–Crippen MR) is 91.7 cm³/mol. The van der Waals surface area contributed by atoms with Gasteiger partial charge in [0.2, 0.25) is 5.91 Å². The first-order valence-corrected chi connectivity index (χ1v) is 7.54. The maximum absolute atomic E-state index is 13.2. The average molecular weight is 331 g/mol. The summed E-state index contributed by atoms with van der Waals surface area (Å²) in [5, 5.41) is 0. The zero-order valence-electron chi connectivity index (χ0n) is 13.9. The van der Waals surface area contributed by atoms with Gasteiger partial charge in [0.15, 0.2) is 0 Å². The van der Waals surface area contributed by atoms with Crippen LogP contribution in [0.15, 0.2) is 24.3 Å². The van der Waals surface area contributed by atoms with Gasteiger partial charge < -0.3 is 10.6 Å². The molecule has 3 nitrogen and oxygen atoms in total. The van der Waals surface area contributed by atoms with E-state index in [-0.39, 0.29) is 29.5 Å². The van der Waals surface area contributed by atoms with E-state index < -0.39 is 6.04 Å². The van der Waals surface area contributed by atoms with Gasteiger partial charge in [0.25, 0.3) is 0 Å². The van der Waals surface area contributed by atoms with Crippen LogP contribution in [0.3, 0.4) is 0 Å². The van der Waals surface area contributed by atoms with E-state index in [0.29, 0.717) is 19.5 Å². The lowest BCUT2D eigenvalue weighted by Gasteiger charge is -2.32. The second-order valence-electron chi connectivity index (χ2n) is 6.55. The van der Waals surface area contributed by atoms with Gasteiger partial charge in [-0.15, -0.1) is 12.4 Å². The number of halogens is 2. The van der Waals surface area contributed by atoms with Crippen LogP contribution in [-0.2, 0) is 11.2 Å². The molecule has 1 amide bonds. The minimum absolute atomic E-state index is 0. The molecule has 126 valence electrons. The molecule has 2 N–H and O–H groups in total. The number of hydrogen-bond acceptors (Lipinski definition) is 2. The highest BCUT2D eigenvalue weighted by molar-refractivity contribution is 5.85. The van der Waals surface area contributed by atoms with E-state index in [1.807, 2.05) is 33.8 Å². The first-order chi connectivity index (χ1) is 9.75. The van der Waals surface area contributed by atoms with Gasteiger partial charge in [-0.25, -0.2) is 4.39 Å². The lowest BCUT2D eigenvalue weighted by Crippen LogP contribution is -2.51. The van der Waals surface area contributed by atoms with Gasteiger partial charge in [0.05, 0.1) is 6.04 Å². The summed E-state index contributed by atoms with van der Waals surface area (Å²) in [6.45, 7) is 9.17. The molecule has 1 aromatic rings. The molecule has 0 unspecified atom stereocenters. The number of amides is 1. The first-order valence-electron chi connectivity index (χ1n) is 7.54. The Hall–Kier alpha value is -1.13. The quantitative estimate of drug-likeness (QED) is 0.869. The lowest BCUT2D eigenvalue weighted by molar-refractivity contribution is -0.135. The highest BCUT2D eigenvalue weighted by atomic mass is 35.5. The minimum Gasteiger partial charge on any atom is -0.341 e. The predicted octanol–water partition coefficient (Wildman–Crippen LogP) is 3.40. The number of nitrogens with zero attached hydrogens (tertiary/aromatic N) is 1. The van der Waals surface area contributed by atoms with Crippen LogP contribution < -0.4 is 5.73 Å². The molecule has 0 aromatic heterocycles. The van der Waals surface area contributed by atoms with Gasteiger partial charge in [-0.1, -0.05) is 39.8 Å². The summed E-state index contributed by atoms with van der Waals surface area (Å²) in [4.78, 5) is 14.3. The summed E-state index contributed by atoms with van der Waals surface area (Å²) in [6.07, 6.45) is 1.52. The largest absolute Gasteiger partial charge is 0.341 e. The van der Waals surface area contributed by atoms with Crippen molar-refractivity contribution in [1.29, 1.82) is 0 Å². The van der Waals surface area contributed by atoms with E-state index in [1.165, 1.54) is 12.1 Å². The fourth-order valence-corrected chi connectivity index (χ4v) is 2.13. The SMILES string of the molecule is CCCN(CCc1cccc(F)c1)C(=O)[C@@H](N)C(C)(C)C.Cl. The summed E-state index contributed by atoms with van der Waals surface area (Å²) < 4.78 is 13.2. The van der Waals surface area contributed by atoms with Gasteiger partial charge in [-0.2, -0.15) is 0 Å². The maximum atomic E-state index is 13.2. The average Bonchev–Trinajstić information content (AvgIpc) is 2.41. The van der Waals surface area contributed by atoms with Crippen LogP contribution in [0.4, 0.5) is 4.39 Å². The molecular weight excluding hydrogens is 303 g/mol. The smallest absolute Gasteiger partial charge is 0.240 e. The fraction of sp³-hybridized carbons (Fsp3) is 0.588. The third-order valence-corrected chi connectivity index (χ3v) is 3.56. The van der Waals surface area contributed by atoms with Crippen molar-refractivity contribution in [1.82, 2.24) is 4.90 Å². The summed E-state index contributed by atoms with van der Waals surface area (Å²) >= 11 is 0. The Balaban J connectivity index is 0.00000441. The van der Waals surface area contributed by atoms with Gasteiger partial charge in [-0.3, -0.25) is 4.79 Å². The molecule has 1 aromatic carbocycles. The van der Waals surface area contributed by atoms with Crippen molar-refractivity contribution in [2.24, 2.45) is 11.1 Å². The van der Waals surface area contributed by atoms with Crippen LogP contribution in [0.2, 0.25) is 0 Å². The maximum Gasteiger partial charge on any atom is 0.240 e. The molecule has 0 aliphatic rings. The van der Waals surface area contributed by atoms with E-state index in [2.05, 4.69) is 0 Å². The summed E-state index contributed by atoms with van der Waals surface area (Å²) in [7, 11) is 0. The van der Waals surface area contributed by atoms with Crippen molar-refractivity contribution >= 4 is 18.3 Å². The molecular formula is C17H28ClFN2O. The molecule has 0 saturated heterocycles. The van der Waals surface area contributed by atoms with Crippen LogP contribution in [0.5, 0.6) is 0 Å². The zero-order chi connectivity index (χ0) is 16.0. The third-order valence-electron chi connectivity index (χ3n) is 3.56. The van der Waals surface area contributed by atoms with Crippen molar-refractivity contribution < 1.29 is 9.18 Å². The van der Waals surface area contributed by atoms with Crippen molar-refractivity contribution in [3.8, 4) is 0 Å². The molecule has 22 heavy (non-hydrogen) atoms. The molecule has 0 radical (unpaired) electrons. The van der Waals surface area contributed by atoms with E-state index in [0.717, 1.165) is 12.0 Å². The molecule has 0 saturated carbocycles. The summed E-state index contributed by atoms with van der Waals surface area (Å²) in [6, 6.07) is 5.99.